The lowest BCUT2D eigenvalue weighted by atomic mass is 9.98. The molecule has 0 radical (unpaired) electrons. The van der Waals surface area contributed by atoms with E-state index < -0.39 is 5.54 Å². The van der Waals surface area contributed by atoms with Crippen LogP contribution in [0.4, 0.5) is 5.69 Å². The number of aryl methyl sites for hydroxylation is 1. The molecule has 0 spiro atoms. The van der Waals surface area contributed by atoms with Crippen LogP contribution in [0.25, 0.3) is 0 Å². The Kier molecular flexibility index (Phi) is 4.14. The van der Waals surface area contributed by atoms with E-state index in [1.807, 2.05) is 19.1 Å². The largest absolute Gasteiger partial charge is 0.323 e. The molecule has 0 bridgehead atoms. The Morgan fingerprint density at radius 3 is 2.28 bits per heavy atom. The first-order valence-corrected chi connectivity index (χ1v) is 7.57. The average Bonchev–Trinajstić information content (AvgIpc) is 2.71. The van der Waals surface area contributed by atoms with Crippen LogP contribution in [-0.2, 0) is 4.79 Å². The number of rotatable bonds is 2. The molecular weight excluding hydrogens is 360 g/mol. The monoisotopic (exact) mass is 374 g/mol. The summed E-state index contributed by atoms with van der Waals surface area (Å²) in [6, 6.07) is 3.94. The first kappa shape index (κ1) is 14.0. The number of nitrogens with one attached hydrogen (secondary N) is 1. The van der Waals surface area contributed by atoms with E-state index in [1.54, 1.807) is 0 Å². The summed E-state index contributed by atoms with van der Waals surface area (Å²) in [4.78, 5) is 12.2. The summed E-state index contributed by atoms with van der Waals surface area (Å²) in [6.07, 6.45) is 3.58. The van der Waals surface area contributed by atoms with Gasteiger partial charge in [-0.25, -0.2) is 0 Å². The van der Waals surface area contributed by atoms with Crippen LogP contribution in [0.15, 0.2) is 21.1 Å². The number of hydrogen-bond acceptors (Lipinski definition) is 2. The lowest BCUT2D eigenvalue weighted by molar-refractivity contribution is -0.121. The summed E-state index contributed by atoms with van der Waals surface area (Å²) >= 11 is 6.93. The van der Waals surface area contributed by atoms with Crippen molar-refractivity contribution in [2.24, 2.45) is 5.73 Å². The molecule has 0 aliphatic heterocycles. The van der Waals surface area contributed by atoms with E-state index in [0.29, 0.717) is 0 Å². The van der Waals surface area contributed by atoms with Gasteiger partial charge in [0.25, 0.3) is 0 Å². The molecule has 18 heavy (non-hydrogen) atoms. The third-order valence-electron chi connectivity index (χ3n) is 3.37. The third-order valence-corrected chi connectivity index (χ3v) is 4.62. The minimum atomic E-state index is -0.705. The SMILES string of the molecule is Cc1cc(Br)c(NC(=O)C2(N)CCCC2)c(Br)c1. The van der Waals surface area contributed by atoms with Gasteiger partial charge in [0.2, 0.25) is 5.91 Å². The maximum absolute atomic E-state index is 12.2. The molecule has 1 aliphatic rings. The van der Waals surface area contributed by atoms with Crippen molar-refractivity contribution >= 4 is 43.5 Å². The predicted octanol–water partition coefficient (Wildman–Crippen LogP) is 3.73. The minimum Gasteiger partial charge on any atom is -0.323 e. The van der Waals surface area contributed by atoms with Crippen LogP contribution in [0.1, 0.15) is 31.2 Å². The van der Waals surface area contributed by atoms with Gasteiger partial charge in [0.15, 0.2) is 0 Å². The highest BCUT2D eigenvalue weighted by Crippen LogP contribution is 2.34. The van der Waals surface area contributed by atoms with Crippen molar-refractivity contribution in [1.82, 2.24) is 0 Å². The predicted molar refractivity (Wildman–Crippen MR) is 80.6 cm³/mol. The standard InChI is InChI=1S/C13H16Br2N2O/c1-8-6-9(14)11(10(15)7-8)17-12(18)13(16)4-2-3-5-13/h6-7H,2-5,16H2,1H3,(H,17,18). The van der Waals surface area contributed by atoms with Gasteiger partial charge in [0, 0.05) is 8.95 Å². The number of carbonyl (C=O) groups is 1. The molecule has 0 unspecified atom stereocenters. The van der Waals surface area contributed by atoms with Crippen LogP contribution < -0.4 is 11.1 Å². The van der Waals surface area contributed by atoms with Crippen molar-refractivity contribution < 1.29 is 4.79 Å². The van der Waals surface area contributed by atoms with Crippen molar-refractivity contribution in [3.05, 3.63) is 26.6 Å². The zero-order valence-electron chi connectivity index (χ0n) is 10.2. The molecule has 3 N–H and O–H groups in total. The summed E-state index contributed by atoms with van der Waals surface area (Å²) < 4.78 is 1.73. The Balaban J connectivity index is 2.22. The van der Waals surface area contributed by atoms with Gasteiger partial charge in [-0.3, -0.25) is 4.79 Å². The Hall–Kier alpha value is -0.390. The Bertz CT molecular complexity index is 459. The second-order valence-electron chi connectivity index (χ2n) is 4.92. The van der Waals surface area contributed by atoms with E-state index in [0.717, 1.165) is 45.9 Å². The molecule has 2 rings (SSSR count). The molecule has 1 amide bonds. The van der Waals surface area contributed by atoms with E-state index in [2.05, 4.69) is 37.2 Å². The summed E-state index contributed by atoms with van der Waals surface area (Å²) in [5.74, 6) is -0.0924. The van der Waals surface area contributed by atoms with Crippen LogP contribution in [-0.4, -0.2) is 11.4 Å². The van der Waals surface area contributed by atoms with Crippen molar-refractivity contribution in [3.8, 4) is 0 Å². The number of nitrogens with two attached hydrogens (primary N) is 1. The molecule has 0 heterocycles. The average molecular weight is 376 g/mol. The van der Waals surface area contributed by atoms with Crippen molar-refractivity contribution in [2.45, 2.75) is 38.1 Å². The number of hydrogen-bond donors (Lipinski definition) is 2. The van der Waals surface area contributed by atoms with Gasteiger partial charge in [0.05, 0.1) is 11.2 Å². The fraction of sp³-hybridized carbons (Fsp3) is 0.462. The topological polar surface area (TPSA) is 55.1 Å². The molecule has 3 nitrogen and oxygen atoms in total. The van der Waals surface area contributed by atoms with Gasteiger partial charge in [-0.15, -0.1) is 0 Å². The molecule has 98 valence electrons. The lowest BCUT2D eigenvalue weighted by Gasteiger charge is -2.23. The molecule has 0 atom stereocenters. The highest BCUT2D eigenvalue weighted by molar-refractivity contribution is 9.11. The van der Waals surface area contributed by atoms with Crippen LogP contribution in [0, 0.1) is 6.92 Å². The fourth-order valence-electron chi connectivity index (χ4n) is 2.29. The number of anilines is 1. The molecular formula is C13H16Br2N2O. The van der Waals surface area contributed by atoms with Gasteiger partial charge in [-0.1, -0.05) is 12.8 Å². The number of halogens is 2. The van der Waals surface area contributed by atoms with Crippen LogP contribution in [0.3, 0.4) is 0 Å². The molecule has 1 aromatic rings. The second kappa shape index (κ2) is 5.31. The van der Waals surface area contributed by atoms with Gasteiger partial charge in [-0.2, -0.15) is 0 Å². The van der Waals surface area contributed by atoms with Gasteiger partial charge in [-0.05, 0) is 69.3 Å². The molecule has 5 heteroatoms. The van der Waals surface area contributed by atoms with Crippen molar-refractivity contribution in [1.29, 1.82) is 0 Å². The second-order valence-corrected chi connectivity index (χ2v) is 6.63. The van der Waals surface area contributed by atoms with Crippen LogP contribution in [0.2, 0.25) is 0 Å². The quantitative estimate of drug-likeness (QED) is 0.827. The van der Waals surface area contributed by atoms with E-state index in [4.69, 9.17) is 5.73 Å². The van der Waals surface area contributed by atoms with E-state index in [9.17, 15) is 4.79 Å². The summed E-state index contributed by atoms with van der Waals surface area (Å²) in [5, 5.41) is 2.93. The van der Waals surface area contributed by atoms with E-state index in [-0.39, 0.29) is 5.91 Å². The van der Waals surface area contributed by atoms with Crippen LogP contribution >= 0.6 is 31.9 Å². The molecule has 1 fully saturated rings. The molecule has 1 aliphatic carbocycles. The van der Waals surface area contributed by atoms with Gasteiger partial charge >= 0.3 is 0 Å². The summed E-state index contributed by atoms with van der Waals surface area (Å²) in [5.41, 5.74) is 7.31. The van der Waals surface area contributed by atoms with Crippen molar-refractivity contribution in [3.63, 3.8) is 0 Å². The zero-order chi connectivity index (χ0) is 13.3. The number of amides is 1. The Morgan fingerprint density at radius 1 is 1.28 bits per heavy atom. The summed E-state index contributed by atoms with van der Waals surface area (Å²) in [6.45, 7) is 2.00. The first-order chi connectivity index (χ1) is 8.42. The molecule has 1 saturated carbocycles. The molecule has 1 aromatic carbocycles. The Labute approximate surface area is 124 Å². The highest BCUT2D eigenvalue weighted by atomic mass is 79.9. The van der Waals surface area contributed by atoms with Gasteiger partial charge < -0.3 is 11.1 Å². The maximum Gasteiger partial charge on any atom is 0.244 e. The van der Waals surface area contributed by atoms with Crippen molar-refractivity contribution in [2.75, 3.05) is 5.32 Å². The van der Waals surface area contributed by atoms with Gasteiger partial charge in [0.1, 0.15) is 0 Å². The lowest BCUT2D eigenvalue weighted by Crippen LogP contribution is -2.48. The van der Waals surface area contributed by atoms with E-state index in [1.165, 1.54) is 0 Å². The fourth-order valence-corrected chi connectivity index (χ4v) is 3.90. The van der Waals surface area contributed by atoms with E-state index >= 15 is 0 Å². The first-order valence-electron chi connectivity index (χ1n) is 5.98. The molecule has 0 aromatic heterocycles. The Morgan fingerprint density at radius 2 is 1.78 bits per heavy atom. The highest BCUT2D eigenvalue weighted by Gasteiger charge is 2.37. The number of benzene rings is 1. The smallest absolute Gasteiger partial charge is 0.244 e. The number of carbonyl (C=O) groups excluding carboxylic acids is 1. The maximum atomic E-state index is 12.2. The normalized spacial score (nSPS) is 17.8. The zero-order valence-corrected chi connectivity index (χ0v) is 13.4. The minimum absolute atomic E-state index is 0.0924. The van der Waals surface area contributed by atoms with Crippen LogP contribution in [0.5, 0.6) is 0 Å². The molecule has 0 saturated heterocycles. The third kappa shape index (κ3) is 2.78. The summed E-state index contributed by atoms with van der Waals surface area (Å²) in [7, 11) is 0.